The van der Waals surface area contributed by atoms with Gasteiger partial charge < -0.3 is 20.3 Å². The third-order valence-electron chi connectivity index (χ3n) is 4.44. The summed E-state index contributed by atoms with van der Waals surface area (Å²) in [7, 11) is 0. The Bertz CT molecular complexity index is 315. The lowest BCUT2D eigenvalue weighted by molar-refractivity contribution is 0.0377. The Morgan fingerprint density at radius 2 is 1.79 bits per heavy atom. The molecule has 1 saturated heterocycles. The van der Waals surface area contributed by atoms with Gasteiger partial charge in [-0.15, -0.1) is 0 Å². The van der Waals surface area contributed by atoms with Crippen LogP contribution in [0.4, 0.5) is 0 Å². The van der Waals surface area contributed by atoms with Gasteiger partial charge >= 0.3 is 0 Å². The zero-order valence-corrected chi connectivity index (χ0v) is 16.1. The molecule has 0 bridgehead atoms. The maximum absolute atomic E-state index is 5.38. The predicted molar refractivity (Wildman–Crippen MR) is 103 cm³/mol. The molecule has 0 saturated carbocycles. The van der Waals surface area contributed by atoms with E-state index >= 15 is 0 Å². The zero-order chi connectivity index (χ0) is 17.5. The number of nitrogens with zero attached hydrogens (tertiary/aromatic N) is 3. The highest BCUT2D eigenvalue weighted by Crippen LogP contribution is 1.98. The molecule has 24 heavy (non-hydrogen) atoms. The molecule has 1 aliphatic rings. The molecule has 0 atom stereocenters. The Morgan fingerprint density at radius 1 is 1.04 bits per heavy atom. The highest BCUT2D eigenvalue weighted by Gasteiger charge is 2.09. The molecule has 1 heterocycles. The van der Waals surface area contributed by atoms with Gasteiger partial charge in [-0.1, -0.05) is 13.8 Å². The fraction of sp³-hybridized carbons (Fsp3) is 0.944. The smallest absolute Gasteiger partial charge is 0.191 e. The van der Waals surface area contributed by atoms with Gasteiger partial charge in [-0.05, 0) is 45.8 Å². The van der Waals surface area contributed by atoms with Crippen LogP contribution in [0.1, 0.15) is 40.0 Å². The van der Waals surface area contributed by atoms with Crippen molar-refractivity contribution in [3.63, 3.8) is 0 Å². The maximum atomic E-state index is 5.38. The molecule has 1 aliphatic heterocycles. The highest BCUT2D eigenvalue weighted by molar-refractivity contribution is 5.79. The van der Waals surface area contributed by atoms with Crippen LogP contribution in [-0.2, 0) is 4.74 Å². The molecule has 0 amide bonds. The molecule has 1 fully saturated rings. The maximum Gasteiger partial charge on any atom is 0.191 e. The topological polar surface area (TPSA) is 52.1 Å². The van der Waals surface area contributed by atoms with Crippen molar-refractivity contribution in [3.8, 4) is 0 Å². The van der Waals surface area contributed by atoms with Crippen LogP contribution in [0.2, 0.25) is 0 Å². The Balaban J connectivity index is 2.12. The summed E-state index contributed by atoms with van der Waals surface area (Å²) in [5.74, 6) is 0.960. The molecule has 0 unspecified atom stereocenters. The predicted octanol–water partition coefficient (Wildman–Crippen LogP) is 1.39. The van der Waals surface area contributed by atoms with Gasteiger partial charge in [0.15, 0.2) is 5.96 Å². The summed E-state index contributed by atoms with van der Waals surface area (Å²) in [5, 5.41) is 6.79. The minimum atomic E-state index is 0.876. The second-order valence-corrected chi connectivity index (χ2v) is 6.23. The van der Waals surface area contributed by atoms with Crippen molar-refractivity contribution in [1.82, 2.24) is 20.4 Å². The number of guanidine groups is 1. The van der Waals surface area contributed by atoms with Gasteiger partial charge in [-0.25, -0.2) is 0 Å². The second-order valence-electron chi connectivity index (χ2n) is 6.23. The van der Waals surface area contributed by atoms with E-state index in [0.717, 1.165) is 78.0 Å². The minimum Gasteiger partial charge on any atom is -0.379 e. The second kappa shape index (κ2) is 14.5. The lowest BCUT2D eigenvalue weighted by atomic mass is 10.3. The van der Waals surface area contributed by atoms with Crippen molar-refractivity contribution in [1.29, 1.82) is 0 Å². The molecule has 0 aromatic rings. The van der Waals surface area contributed by atoms with Crippen molar-refractivity contribution in [2.24, 2.45) is 4.99 Å². The van der Waals surface area contributed by atoms with E-state index in [4.69, 9.17) is 4.74 Å². The van der Waals surface area contributed by atoms with E-state index in [1.54, 1.807) is 0 Å². The monoisotopic (exact) mass is 341 g/mol. The Morgan fingerprint density at radius 3 is 2.46 bits per heavy atom. The normalized spacial score (nSPS) is 16.6. The van der Waals surface area contributed by atoms with Crippen LogP contribution in [0.15, 0.2) is 4.99 Å². The fourth-order valence-electron chi connectivity index (χ4n) is 2.86. The average molecular weight is 342 g/mol. The molecule has 6 heteroatoms. The van der Waals surface area contributed by atoms with Crippen molar-refractivity contribution in [2.75, 3.05) is 72.1 Å². The van der Waals surface area contributed by atoms with Gasteiger partial charge in [0.2, 0.25) is 0 Å². The summed E-state index contributed by atoms with van der Waals surface area (Å²) >= 11 is 0. The van der Waals surface area contributed by atoms with E-state index in [2.05, 4.69) is 46.2 Å². The van der Waals surface area contributed by atoms with E-state index in [0.29, 0.717) is 0 Å². The SMILES string of the molecule is CCNC(=NCCCN1CCOCC1)NCCCCN(CC)CC. The van der Waals surface area contributed by atoms with Crippen LogP contribution in [0, 0.1) is 0 Å². The van der Waals surface area contributed by atoms with Crippen LogP contribution in [-0.4, -0.2) is 87.9 Å². The number of unbranched alkanes of at least 4 members (excludes halogenated alkanes) is 1. The molecule has 0 aromatic heterocycles. The molecule has 2 N–H and O–H groups in total. The number of nitrogens with one attached hydrogen (secondary N) is 2. The van der Waals surface area contributed by atoms with E-state index in [9.17, 15) is 0 Å². The Hall–Kier alpha value is -0.850. The Kier molecular flexibility index (Phi) is 12.8. The molecule has 6 nitrogen and oxygen atoms in total. The van der Waals surface area contributed by atoms with Crippen molar-refractivity contribution >= 4 is 5.96 Å². The molecule has 142 valence electrons. The van der Waals surface area contributed by atoms with Gasteiger partial charge in [0, 0.05) is 39.3 Å². The summed E-state index contributed by atoms with van der Waals surface area (Å²) in [6, 6.07) is 0. The van der Waals surface area contributed by atoms with E-state index in [1.807, 2.05) is 0 Å². The third-order valence-corrected chi connectivity index (χ3v) is 4.44. The lowest BCUT2D eigenvalue weighted by Crippen LogP contribution is -2.39. The largest absolute Gasteiger partial charge is 0.379 e. The highest BCUT2D eigenvalue weighted by atomic mass is 16.5. The number of rotatable bonds is 12. The van der Waals surface area contributed by atoms with E-state index in [1.165, 1.54) is 19.4 Å². The van der Waals surface area contributed by atoms with E-state index < -0.39 is 0 Å². The van der Waals surface area contributed by atoms with Crippen molar-refractivity contribution in [3.05, 3.63) is 0 Å². The van der Waals surface area contributed by atoms with Crippen LogP contribution in [0.5, 0.6) is 0 Å². The first-order valence-corrected chi connectivity index (χ1v) is 9.84. The summed E-state index contributed by atoms with van der Waals surface area (Å²) in [6.07, 6.45) is 3.54. The van der Waals surface area contributed by atoms with Gasteiger partial charge in [0.05, 0.1) is 13.2 Å². The molecular weight excluding hydrogens is 302 g/mol. The molecule has 0 radical (unpaired) electrons. The first-order valence-electron chi connectivity index (χ1n) is 9.84. The number of hydrogen-bond acceptors (Lipinski definition) is 4. The number of hydrogen-bond donors (Lipinski definition) is 2. The molecule has 0 aliphatic carbocycles. The lowest BCUT2D eigenvalue weighted by Gasteiger charge is -2.26. The van der Waals surface area contributed by atoms with Crippen LogP contribution in [0.25, 0.3) is 0 Å². The molecular formula is C18H39N5O. The fourth-order valence-corrected chi connectivity index (χ4v) is 2.86. The van der Waals surface area contributed by atoms with Crippen LogP contribution >= 0.6 is 0 Å². The summed E-state index contributed by atoms with van der Waals surface area (Å²) in [4.78, 5) is 9.63. The first kappa shape index (κ1) is 21.2. The molecule has 1 rings (SSSR count). The minimum absolute atomic E-state index is 0.876. The van der Waals surface area contributed by atoms with Crippen LogP contribution in [0.3, 0.4) is 0 Å². The zero-order valence-electron chi connectivity index (χ0n) is 16.1. The first-order chi connectivity index (χ1) is 11.8. The molecule has 0 aromatic carbocycles. The van der Waals surface area contributed by atoms with Gasteiger partial charge in [0.1, 0.15) is 0 Å². The summed E-state index contributed by atoms with van der Waals surface area (Å²) in [5.41, 5.74) is 0. The van der Waals surface area contributed by atoms with Gasteiger partial charge in [-0.3, -0.25) is 9.89 Å². The third kappa shape index (κ3) is 10.1. The number of aliphatic imine (C=N–C) groups is 1. The van der Waals surface area contributed by atoms with Crippen molar-refractivity contribution in [2.45, 2.75) is 40.0 Å². The van der Waals surface area contributed by atoms with Gasteiger partial charge in [0.25, 0.3) is 0 Å². The van der Waals surface area contributed by atoms with Crippen molar-refractivity contribution < 1.29 is 4.74 Å². The summed E-state index contributed by atoms with van der Waals surface area (Å²) < 4.78 is 5.38. The Labute approximate surface area is 149 Å². The number of ether oxygens (including phenoxy) is 1. The summed E-state index contributed by atoms with van der Waals surface area (Å²) in [6.45, 7) is 17.9. The van der Waals surface area contributed by atoms with Crippen LogP contribution < -0.4 is 10.6 Å². The number of morpholine rings is 1. The standard InChI is InChI=1S/C18H39N5O/c1-4-19-18(20-10-7-8-12-22(5-2)6-3)21-11-9-13-23-14-16-24-17-15-23/h4-17H2,1-3H3,(H2,19,20,21). The molecule has 0 spiro atoms. The van der Waals surface area contributed by atoms with E-state index in [-0.39, 0.29) is 0 Å². The average Bonchev–Trinajstić information content (AvgIpc) is 2.62. The van der Waals surface area contributed by atoms with Gasteiger partial charge in [-0.2, -0.15) is 0 Å². The quantitative estimate of drug-likeness (QED) is 0.319.